The van der Waals surface area contributed by atoms with Gasteiger partial charge in [-0.1, -0.05) is 146 Å². The van der Waals surface area contributed by atoms with Gasteiger partial charge in [-0.15, -0.1) is 0 Å². The average molecular weight is 717 g/mol. The molecule has 11 aromatic rings. The zero-order valence-corrected chi connectivity index (χ0v) is 30.2. The van der Waals surface area contributed by atoms with Gasteiger partial charge in [-0.3, -0.25) is 0 Å². The molecule has 8 aromatic carbocycles. The topological polar surface area (TPSA) is 56.7 Å². The molecule has 0 saturated carbocycles. The molecule has 0 atom stereocenters. The Morgan fingerprint density at radius 3 is 1.61 bits per heavy atom. The van der Waals surface area contributed by atoms with E-state index in [1.165, 1.54) is 10.8 Å². The molecular formula is C51H32N4O. The first kappa shape index (κ1) is 31.9. The molecule has 11 rings (SSSR count). The van der Waals surface area contributed by atoms with Gasteiger partial charge in [-0.05, 0) is 65.2 Å². The van der Waals surface area contributed by atoms with Gasteiger partial charge in [0.1, 0.15) is 11.2 Å². The summed E-state index contributed by atoms with van der Waals surface area (Å²) in [5.41, 5.74) is 12.3. The summed E-state index contributed by atoms with van der Waals surface area (Å²) in [6.07, 6.45) is 0. The molecule has 0 aliphatic heterocycles. The fourth-order valence-corrected chi connectivity index (χ4v) is 8.07. The van der Waals surface area contributed by atoms with Gasteiger partial charge >= 0.3 is 0 Å². The van der Waals surface area contributed by atoms with Gasteiger partial charge in [-0.2, -0.15) is 0 Å². The molecule has 0 spiro atoms. The van der Waals surface area contributed by atoms with Crippen LogP contribution in [0.25, 0.3) is 106 Å². The Balaban J connectivity index is 1.13. The number of fused-ring (bicyclic) bond motifs is 6. The maximum atomic E-state index is 6.35. The molecule has 3 heterocycles. The van der Waals surface area contributed by atoms with Crippen LogP contribution in [0.4, 0.5) is 0 Å². The van der Waals surface area contributed by atoms with Crippen molar-refractivity contribution in [3.63, 3.8) is 0 Å². The highest BCUT2D eigenvalue weighted by atomic mass is 16.3. The molecule has 0 radical (unpaired) electrons. The molecule has 0 amide bonds. The first-order valence-corrected chi connectivity index (χ1v) is 18.8. The Morgan fingerprint density at radius 1 is 0.339 bits per heavy atom. The van der Waals surface area contributed by atoms with E-state index in [0.717, 1.165) is 77.6 Å². The molecule has 0 aliphatic carbocycles. The number of aromatic nitrogens is 4. The first-order valence-electron chi connectivity index (χ1n) is 18.8. The van der Waals surface area contributed by atoms with Gasteiger partial charge in [0.2, 0.25) is 0 Å². The smallest absolute Gasteiger partial charge is 0.164 e. The minimum atomic E-state index is 0.618. The van der Waals surface area contributed by atoms with E-state index in [1.54, 1.807) is 0 Å². The summed E-state index contributed by atoms with van der Waals surface area (Å²) in [6, 6.07) is 67.5. The second-order valence-electron chi connectivity index (χ2n) is 14.0. The molecule has 0 N–H and O–H groups in total. The van der Waals surface area contributed by atoms with Crippen LogP contribution in [0, 0.1) is 0 Å². The molecular weight excluding hydrogens is 685 g/mol. The Morgan fingerprint density at radius 2 is 0.893 bits per heavy atom. The van der Waals surface area contributed by atoms with Crippen LogP contribution in [0.15, 0.2) is 199 Å². The second-order valence-corrected chi connectivity index (χ2v) is 14.0. The van der Waals surface area contributed by atoms with Crippen molar-refractivity contribution < 1.29 is 4.42 Å². The molecule has 5 heteroatoms. The number of hydrogen-bond donors (Lipinski definition) is 0. The normalized spacial score (nSPS) is 11.6. The molecule has 0 unspecified atom stereocenters. The summed E-state index contributed by atoms with van der Waals surface area (Å²) >= 11 is 0. The van der Waals surface area contributed by atoms with Gasteiger partial charge in [0.15, 0.2) is 17.5 Å². The van der Waals surface area contributed by atoms with Crippen LogP contribution >= 0.6 is 0 Å². The van der Waals surface area contributed by atoms with Gasteiger partial charge in [0.25, 0.3) is 0 Å². The lowest BCUT2D eigenvalue weighted by molar-refractivity contribution is 0.669. The van der Waals surface area contributed by atoms with Crippen molar-refractivity contribution in [1.29, 1.82) is 0 Å². The van der Waals surface area contributed by atoms with Crippen LogP contribution < -0.4 is 0 Å². The predicted molar refractivity (Wildman–Crippen MR) is 229 cm³/mol. The SMILES string of the molecule is c1ccc(-c2nc(-c3ccccc3)nc(-c3ccc(-n4c5ccccc5c5c(-c6ccc7c(c6)oc6ccccc67)cccc54)c(-c4ccccc4)c3)n2)cc1. The van der Waals surface area contributed by atoms with Crippen LogP contribution in [0.2, 0.25) is 0 Å². The molecule has 5 nitrogen and oxygen atoms in total. The summed E-state index contributed by atoms with van der Waals surface area (Å²) in [5, 5.41) is 4.63. The third-order valence-electron chi connectivity index (χ3n) is 10.7. The van der Waals surface area contributed by atoms with Crippen molar-refractivity contribution >= 4 is 43.7 Å². The number of para-hydroxylation sites is 2. The van der Waals surface area contributed by atoms with Crippen LogP contribution in [0.5, 0.6) is 0 Å². The highest BCUT2D eigenvalue weighted by Crippen LogP contribution is 2.42. The molecule has 3 aromatic heterocycles. The minimum Gasteiger partial charge on any atom is -0.456 e. The number of hydrogen-bond acceptors (Lipinski definition) is 4. The summed E-state index contributed by atoms with van der Waals surface area (Å²) in [4.78, 5) is 15.1. The van der Waals surface area contributed by atoms with Crippen LogP contribution in [-0.2, 0) is 0 Å². The molecule has 0 fully saturated rings. The van der Waals surface area contributed by atoms with Crippen molar-refractivity contribution in [2.75, 3.05) is 0 Å². The molecule has 56 heavy (non-hydrogen) atoms. The van der Waals surface area contributed by atoms with Gasteiger partial charge < -0.3 is 8.98 Å². The van der Waals surface area contributed by atoms with Crippen molar-refractivity contribution in [1.82, 2.24) is 19.5 Å². The van der Waals surface area contributed by atoms with Crippen molar-refractivity contribution in [2.45, 2.75) is 0 Å². The van der Waals surface area contributed by atoms with Gasteiger partial charge in [0, 0.05) is 43.8 Å². The fourth-order valence-electron chi connectivity index (χ4n) is 8.07. The standard InChI is InChI=1S/C51H32N4O/c1-4-15-33(16-5-1)42-31-37(51-53-49(34-17-6-2-7-18-34)52-50(54-51)35-19-8-3-9-20-35)28-30-44(42)55-43-24-12-10-22-41(43)48-38(23-14-25-45(48)55)36-27-29-40-39-21-11-13-26-46(39)56-47(40)32-36/h1-32H. The lowest BCUT2D eigenvalue weighted by atomic mass is 9.98. The zero-order chi connectivity index (χ0) is 37.0. The molecule has 0 aliphatic rings. The van der Waals surface area contributed by atoms with Crippen LogP contribution in [0.1, 0.15) is 0 Å². The van der Waals surface area contributed by atoms with Gasteiger partial charge in [0.05, 0.1) is 16.7 Å². The lowest BCUT2D eigenvalue weighted by Crippen LogP contribution is -2.02. The van der Waals surface area contributed by atoms with E-state index in [2.05, 4.69) is 126 Å². The number of nitrogens with zero attached hydrogens (tertiary/aromatic N) is 4. The molecule has 0 bridgehead atoms. The second kappa shape index (κ2) is 13.0. The fraction of sp³-hybridized carbons (Fsp3) is 0. The number of rotatable bonds is 6. The van der Waals surface area contributed by atoms with Crippen LogP contribution in [0.3, 0.4) is 0 Å². The van der Waals surface area contributed by atoms with E-state index in [-0.39, 0.29) is 0 Å². The Kier molecular flexibility index (Phi) is 7.42. The van der Waals surface area contributed by atoms with E-state index < -0.39 is 0 Å². The third-order valence-corrected chi connectivity index (χ3v) is 10.7. The zero-order valence-electron chi connectivity index (χ0n) is 30.2. The van der Waals surface area contributed by atoms with Crippen molar-refractivity contribution in [3.8, 4) is 62.1 Å². The molecule has 262 valence electrons. The summed E-state index contributed by atoms with van der Waals surface area (Å²) in [5.74, 6) is 1.89. The Hall–Kier alpha value is -7.63. The number of furan rings is 1. The minimum absolute atomic E-state index is 0.618. The summed E-state index contributed by atoms with van der Waals surface area (Å²) in [6.45, 7) is 0. The maximum absolute atomic E-state index is 6.35. The number of benzene rings is 8. The first-order chi connectivity index (χ1) is 27.8. The van der Waals surface area contributed by atoms with Crippen LogP contribution in [-0.4, -0.2) is 19.5 Å². The van der Waals surface area contributed by atoms with E-state index >= 15 is 0 Å². The largest absolute Gasteiger partial charge is 0.456 e. The molecule has 0 saturated heterocycles. The van der Waals surface area contributed by atoms with E-state index in [9.17, 15) is 0 Å². The maximum Gasteiger partial charge on any atom is 0.164 e. The van der Waals surface area contributed by atoms with Crippen molar-refractivity contribution in [2.24, 2.45) is 0 Å². The van der Waals surface area contributed by atoms with Gasteiger partial charge in [-0.25, -0.2) is 15.0 Å². The highest BCUT2D eigenvalue weighted by molar-refractivity contribution is 6.17. The van der Waals surface area contributed by atoms with Crippen molar-refractivity contribution in [3.05, 3.63) is 194 Å². The predicted octanol–water partition coefficient (Wildman–Crippen LogP) is 13.2. The third kappa shape index (κ3) is 5.29. The Bertz CT molecular complexity index is 3180. The summed E-state index contributed by atoms with van der Waals surface area (Å²) < 4.78 is 8.75. The average Bonchev–Trinajstić information content (AvgIpc) is 3.82. The Labute approximate surface area is 322 Å². The summed E-state index contributed by atoms with van der Waals surface area (Å²) in [7, 11) is 0. The quantitative estimate of drug-likeness (QED) is 0.172. The van der Waals surface area contributed by atoms with E-state index in [1.807, 2.05) is 72.8 Å². The highest BCUT2D eigenvalue weighted by Gasteiger charge is 2.21. The lowest BCUT2D eigenvalue weighted by Gasteiger charge is -2.16. The van der Waals surface area contributed by atoms with E-state index in [4.69, 9.17) is 19.4 Å². The van der Waals surface area contributed by atoms with E-state index in [0.29, 0.717) is 17.5 Å². The monoisotopic (exact) mass is 716 g/mol.